The Morgan fingerprint density at radius 1 is 1.53 bits per heavy atom. The number of imidazole rings is 1. The molecule has 1 aliphatic rings. The van der Waals surface area contributed by atoms with Crippen LogP contribution in [0.2, 0.25) is 0 Å². The summed E-state index contributed by atoms with van der Waals surface area (Å²) in [7, 11) is 0. The van der Waals surface area contributed by atoms with Gasteiger partial charge in [-0.15, -0.1) is 0 Å². The number of nitrogens with zero attached hydrogens (tertiary/aromatic N) is 2. The number of rotatable bonds is 3. The zero-order valence-corrected chi connectivity index (χ0v) is 10.2. The summed E-state index contributed by atoms with van der Waals surface area (Å²) in [4.78, 5) is 14.9. The Kier molecular flexibility index (Phi) is 2.81. The molecule has 1 aromatic carbocycles. The number of carboxylic acids is 1. The van der Waals surface area contributed by atoms with Crippen molar-refractivity contribution in [2.24, 2.45) is 0 Å². The third kappa shape index (κ3) is 2.12. The van der Waals surface area contributed by atoms with Crippen molar-refractivity contribution in [2.75, 3.05) is 0 Å². The van der Waals surface area contributed by atoms with E-state index in [2.05, 4.69) is 4.98 Å². The second-order valence-corrected chi connectivity index (χ2v) is 4.76. The zero-order valence-electron chi connectivity index (χ0n) is 10.2. The van der Waals surface area contributed by atoms with Crippen LogP contribution in [-0.4, -0.2) is 20.6 Å². The molecule has 1 heterocycles. The number of aliphatic carboxylic acids is 1. The standard InChI is InChI=1S/C14H13FN2O2/c15-10-2-3-12-9(5-10)1-4-13(12)17-8-16-7-11(17)6-14(18)19/h2-3,5,7-8,13H,1,4,6H2,(H,18,19). The number of benzene rings is 1. The number of carbonyl (C=O) groups is 1. The molecule has 98 valence electrons. The number of fused-ring (bicyclic) bond motifs is 1. The van der Waals surface area contributed by atoms with E-state index >= 15 is 0 Å². The molecule has 0 amide bonds. The van der Waals surface area contributed by atoms with Gasteiger partial charge in [0.05, 0.1) is 18.8 Å². The van der Waals surface area contributed by atoms with Gasteiger partial charge in [-0.2, -0.15) is 0 Å². The van der Waals surface area contributed by atoms with Crippen molar-refractivity contribution in [3.8, 4) is 0 Å². The quantitative estimate of drug-likeness (QED) is 0.920. The zero-order chi connectivity index (χ0) is 13.4. The number of aromatic nitrogens is 2. The summed E-state index contributed by atoms with van der Waals surface area (Å²) in [5.41, 5.74) is 2.74. The molecule has 0 spiro atoms. The second-order valence-electron chi connectivity index (χ2n) is 4.76. The second kappa shape index (κ2) is 4.50. The summed E-state index contributed by atoms with van der Waals surface area (Å²) in [6.07, 6.45) is 4.84. The van der Waals surface area contributed by atoms with Crippen LogP contribution >= 0.6 is 0 Å². The maximum atomic E-state index is 13.2. The molecule has 1 unspecified atom stereocenters. The van der Waals surface area contributed by atoms with Gasteiger partial charge in [0.25, 0.3) is 0 Å². The Balaban J connectivity index is 1.98. The number of carboxylic acid groups (broad SMARTS) is 1. The lowest BCUT2D eigenvalue weighted by atomic mass is 10.1. The van der Waals surface area contributed by atoms with Crippen molar-refractivity contribution in [1.29, 1.82) is 0 Å². The van der Waals surface area contributed by atoms with Gasteiger partial charge in [-0.3, -0.25) is 4.79 Å². The molecule has 0 fully saturated rings. The van der Waals surface area contributed by atoms with Gasteiger partial charge in [0.2, 0.25) is 0 Å². The van der Waals surface area contributed by atoms with E-state index in [9.17, 15) is 9.18 Å². The average Bonchev–Trinajstić information content (AvgIpc) is 2.93. The van der Waals surface area contributed by atoms with E-state index in [4.69, 9.17) is 5.11 Å². The lowest BCUT2D eigenvalue weighted by Crippen LogP contribution is -2.12. The van der Waals surface area contributed by atoms with E-state index in [1.165, 1.54) is 6.07 Å². The Bertz CT molecular complexity index is 636. The van der Waals surface area contributed by atoms with Crippen LogP contribution in [0.1, 0.15) is 29.3 Å². The third-order valence-electron chi connectivity index (χ3n) is 3.57. The number of hydrogen-bond donors (Lipinski definition) is 1. The first kappa shape index (κ1) is 11.9. The minimum Gasteiger partial charge on any atom is -0.481 e. The maximum absolute atomic E-state index is 13.2. The van der Waals surface area contributed by atoms with Crippen LogP contribution in [-0.2, 0) is 17.6 Å². The Morgan fingerprint density at radius 2 is 2.37 bits per heavy atom. The lowest BCUT2D eigenvalue weighted by Gasteiger charge is -2.16. The molecule has 0 aliphatic heterocycles. The van der Waals surface area contributed by atoms with Crippen LogP contribution < -0.4 is 0 Å². The highest BCUT2D eigenvalue weighted by molar-refractivity contribution is 5.69. The topological polar surface area (TPSA) is 55.1 Å². The highest BCUT2D eigenvalue weighted by Gasteiger charge is 2.25. The van der Waals surface area contributed by atoms with Gasteiger partial charge in [-0.25, -0.2) is 9.37 Å². The first-order valence-electron chi connectivity index (χ1n) is 6.16. The summed E-state index contributed by atoms with van der Waals surface area (Å²) in [5, 5.41) is 8.89. The smallest absolute Gasteiger partial charge is 0.309 e. The number of hydrogen-bond acceptors (Lipinski definition) is 2. The number of halogens is 1. The highest BCUT2D eigenvalue weighted by Crippen LogP contribution is 2.35. The lowest BCUT2D eigenvalue weighted by molar-refractivity contribution is -0.136. The normalized spacial score (nSPS) is 17.4. The van der Waals surface area contributed by atoms with E-state index in [1.54, 1.807) is 24.7 Å². The van der Waals surface area contributed by atoms with Gasteiger partial charge in [-0.05, 0) is 36.1 Å². The number of aryl methyl sites for hydroxylation is 1. The van der Waals surface area contributed by atoms with Gasteiger partial charge in [0.15, 0.2) is 0 Å². The first-order valence-corrected chi connectivity index (χ1v) is 6.16. The van der Waals surface area contributed by atoms with E-state index in [0.29, 0.717) is 5.69 Å². The molecular formula is C14H13FN2O2. The molecule has 1 aliphatic carbocycles. The van der Waals surface area contributed by atoms with Crippen LogP contribution in [0.4, 0.5) is 4.39 Å². The average molecular weight is 260 g/mol. The minimum atomic E-state index is -0.876. The molecule has 0 bridgehead atoms. The minimum absolute atomic E-state index is 0.0486. The van der Waals surface area contributed by atoms with Crippen molar-refractivity contribution in [3.05, 3.63) is 53.4 Å². The van der Waals surface area contributed by atoms with Crippen LogP contribution in [0.25, 0.3) is 0 Å². The first-order chi connectivity index (χ1) is 9.15. The molecule has 0 saturated carbocycles. The van der Waals surface area contributed by atoms with Gasteiger partial charge in [0.1, 0.15) is 5.82 Å². The van der Waals surface area contributed by atoms with E-state index in [0.717, 1.165) is 24.0 Å². The largest absolute Gasteiger partial charge is 0.481 e. The van der Waals surface area contributed by atoms with Crippen LogP contribution in [0.15, 0.2) is 30.7 Å². The molecule has 5 heteroatoms. The maximum Gasteiger partial charge on any atom is 0.309 e. The van der Waals surface area contributed by atoms with Gasteiger partial charge < -0.3 is 9.67 Å². The van der Waals surface area contributed by atoms with Gasteiger partial charge in [0, 0.05) is 11.9 Å². The summed E-state index contributed by atoms with van der Waals surface area (Å²) in [5.74, 6) is -1.10. The van der Waals surface area contributed by atoms with Crippen molar-refractivity contribution in [3.63, 3.8) is 0 Å². The fourth-order valence-electron chi connectivity index (χ4n) is 2.76. The Hall–Kier alpha value is -2.17. The SMILES string of the molecule is O=C(O)Cc1cncn1C1CCc2cc(F)ccc21. The molecule has 1 aromatic heterocycles. The fourth-order valence-corrected chi connectivity index (χ4v) is 2.76. The summed E-state index contributed by atoms with van der Waals surface area (Å²) in [6.45, 7) is 0. The fraction of sp³-hybridized carbons (Fsp3) is 0.286. The molecule has 1 N–H and O–H groups in total. The molecule has 2 aromatic rings. The van der Waals surface area contributed by atoms with Gasteiger partial charge >= 0.3 is 5.97 Å². The van der Waals surface area contributed by atoms with E-state index in [1.807, 2.05) is 4.57 Å². The Labute approximate surface area is 109 Å². The molecule has 3 rings (SSSR count). The predicted molar refractivity (Wildman–Crippen MR) is 66.4 cm³/mol. The molecule has 4 nitrogen and oxygen atoms in total. The molecular weight excluding hydrogens is 247 g/mol. The van der Waals surface area contributed by atoms with Crippen molar-refractivity contribution in [2.45, 2.75) is 25.3 Å². The summed E-state index contributed by atoms with van der Waals surface area (Å²) < 4.78 is 15.1. The monoisotopic (exact) mass is 260 g/mol. The van der Waals surface area contributed by atoms with Crippen molar-refractivity contribution >= 4 is 5.97 Å². The summed E-state index contributed by atoms with van der Waals surface area (Å²) in [6, 6.07) is 4.86. The van der Waals surface area contributed by atoms with Crippen LogP contribution in [0.3, 0.4) is 0 Å². The highest BCUT2D eigenvalue weighted by atomic mass is 19.1. The van der Waals surface area contributed by atoms with Crippen LogP contribution in [0.5, 0.6) is 0 Å². The van der Waals surface area contributed by atoms with Crippen molar-refractivity contribution < 1.29 is 14.3 Å². The molecule has 0 radical (unpaired) electrons. The third-order valence-corrected chi connectivity index (χ3v) is 3.57. The van der Waals surface area contributed by atoms with Crippen LogP contribution in [0, 0.1) is 5.82 Å². The summed E-state index contributed by atoms with van der Waals surface area (Å²) >= 11 is 0. The molecule has 1 atom stereocenters. The van der Waals surface area contributed by atoms with E-state index < -0.39 is 5.97 Å². The molecule has 0 saturated heterocycles. The Morgan fingerprint density at radius 3 is 3.16 bits per heavy atom. The van der Waals surface area contributed by atoms with Gasteiger partial charge in [-0.1, -0.05) is 6.07 Å². The predicted octanol–water partition coefficient (Wildman–Crippen LogP) is 2.18. The molecule has 19 heavy (non-hydrogen) atoms. The van der Waals surface area contributed by atoms with Crippen molar-refractivity contribution in [1.82, 2.24) is 9.55 Å². The van der Waals surface area contributed by atoms with E-state index in [-0.39, 0.29) is 18.3 Å².